The number of halogens is 3. The van der Waals surface area contributed by atoms with Gasteiger partial charge in [-0.05, 0) is 43.7 Å². The second kappa shape index (κ2) is 6.63. The van der Waals surface area contributed by atoms with Gasteiger partial charge in [-0.15, -0.1) is 0 Å². The van der Waals surface area contributed by atoms with Gasteiger partial charge in [0.25, 0.3) is 0 Å². The van der Waals surface area contributed by atoms with E-state index in [1.165, 1.54) is 12.1 Å². The first-order valence-corrected chi connectivity index (χ1v) is 8.26. The highest BCUT2D eigenvalue weighted by Crippen LogP contribution is 2.34. The number of anilines is 1. The number of benzene rings is 1. The molecule has 1 aliphatic heterocycles. The van der Waals surface area contributed by atoms with Crippen molar-refractivity contribution in [1.82, 2.24) is 10.2 Å². The quantitative estimate of drug-likeness (QED) is 0.914. The van der Waals surface area contributed by atoms with E-state index >= 15 is 0 Å². The van der Waals surface area contributed by atoms with E-state index in [4.69, 9.17) is 0 Å². The maximum atomic E-state index is 13.0. The highest BCUT2D eigenvalue weighted by Gasteiger charge is 2.32. The van der Waals surface area contributed by atoms with Crippen LogP contribution in [-0.4, -0.2) is 44.0 Å². The molecule has 24 heavy (non-hydrogen) atoms. The molecule has 1 heterocycles. The lowest BCUT2D eigenvalue weighted by Crippen LogP contribution is -2.45. The summed E-state index contributed by atoms with van der Waals surface area (Å²) in [5.41, 5.74) is 0.645. The monoisotopic (exact) mass is 341 g/mol. The molecule has 0 bridgehead atoms. The first-order chi connectivity index (χ1) is 11.3. The average molecular weight is 341 g/mol. The van der Waals surface area contributed by atoms with E-state index in [-0.39, 0.29) is 18.4 Å². The summed E-state index contributed by atoms with van der Waals surface area (Å²) < 4.78 is 39.1. The Kier molecular flexibility index (Phi) is 4.71. The Morgan fingerprint density at radius 1 is 1.21 bits per heavy atom. The summed E-state index contributed by atoms with van der Waals surface area (Å²) in [7, 11) is 2.03. The molecular formula is C17H22F3N3O. The molecule has 7 heteroatoms. The van der Waals surface area contributed by atoms with Crippen molar-refractivity contribution in [3.63, 3.8) is 0 Å². The molecule has 1 saturated heterocycles. The van der Waals surface area contributed by atoms with Crippen LogP contribution in [0, 0.1) is 5.92 Å². The van der Waals surface area contributed by atoms with E-state index < -0.39 is 11.7 Å². The van der Waals surface area contributed by atoms with Crippen molar-refractivity contribution in [1.29, 1.82) is 0 Å². The number of carbonyl (C=O) groups is 1. The number of amides is 1. The van der Waals surface area contributed by atoms with Crippen molar-refractivity contribution >= 4 is 11.6 Å². The molecule has 0 aromatic heterocycles. The van der Waals surface area contributed by atoms with E-state index in [0.717, 1.165) is 50.8 Å². The van der Waals surface area contributed by atoms with Crippen LogP contribution in [0.3, 0.4) is 0 Å². The lowest BCUT2D eigenvalue weighted by atomic mass is 10.1. The van der Waals surface area contributed by atoms with Crippen LogP contribution >= 0.6 is 0 Å². The summed E-state index contributed by atoms with van der Waals surface area (Å²) in [5, 5.41) is 2.78. The normalized spacial score (nSPS) is 19.4. The topological polar surface area (TPSA) is 35.6 Å². The number of carbonyl (C=O) groups excluding carboxylic acids is 1. The van der Waals surface area contributed by atoms with Gasteiger partial charge in [-0.2, -0.15) is 13.2 Å². The summed E-state index contributed by atoms with van der Waals surface area (Å²) in [5.74, 6) is -0.0142. The van der Waals surface area contributed by atoms with Crippen LogP contribution < -0.4 is 10.2 Å². The zero-order valence-corrected chi connectivity index (χ0v) is 13.7. The molecule has 0 radical (unpaired) electrons. The first kappa shape index (κ1) is 17.1. The highest BCUT2D eigenvalue weighted by atomic mass is 19.4. The van der Waals surface area contributed by atoms with Crippen molar-refractivity contribution in [2.75, 3.05) is 38.1 Å². The van der Waals surface area contributed by atoms with Gasteiger partial charge in [0.2, 0.25) is 5.91 Å². The van der Waals surface area contributed by atoms with Crippen LogP contribution in [0.15, 0.2) is 18.2 Å². The van der Waals surface area contributed by atoms with Crippen LogP contribution in [0.4, 0.5) is 18.9 Å². The van der Waals surface area contributed by atoms with Gasteiger partial charge in [-0.1, -0.05) is 0 Å². The largest absolute Gasteiger partial charge is 0.416 e. The molecule has 2 aliphatic rings. The van der Waals surface area contributed by atoms with Crippen molar-refractivity contribution < 1.29 is 18.0 Å². The van der Waals surface area contributed by atoms with Gasteiger partial charge in [0.1, 0.15) is 0 Å². The van der Waals surface area contributed by atoms with Crippen LogP contribution in [0.5, 0.6) is 0 Å². The lowest BCUT2D eigenvalue weighted by Gasteiger charge is -2.35. The Morgan fingerprint density at radius 2 is 1.88 bits per heavy atom. The Labute approximate surface area is 139 Å². The number of hydrogen-bond acceptors (Lipinski definition) is 3. The van der Waals surface area contributed by atoms with E-state index in [0.29, 0.717) is 5.56 Å². The minimum atomic E-state index is -4.38. The first-order valence-electron chi connectivity index (χ1n) is 8.26. The molecule has 1 amide bonds. The summed E-state index contributed by atoms with van der Waals surface area (Å²) >= 11 is 0. The van der Waals surface area contributed by atoms with Crippen molar-refractivity contribution in [2.45, 2.75) is 25.6 Å². The van der Waals surface area contributed by atoms with Gasteiger partial charge >= 0.3 is 6.18 Å². The standard InChI is InChI=1S/C17H22F3N3O/c1-22-6-8-23(9-7-22)15-5-4-14(17(18,19)20)10-13(15)11-21-16(24)12-2-3-12/h4-5,10,12H,2-3,6-9,11H2,1H3,(H,21,24). The Hall–Kier alpha value is -1.76. The predicted octanol–water partition coefficient (Wildman–Crippen LogP) is 2.48. The number of nitrogens with one attached hydrogen (secondary N) is 1. The third kappa shape index (κ3) is 4.01. The second-order valence-electron chi connectivity index (χ2n) is 6.62. The molecule has 0 atom stereocenters. The van der Waals surface area contributed by atoms with Crippen LogP contribution in [0.25, 0.3) is 0 Å². The van der Waals surface area contributed by atoms with E-state index in [1.54, 1.807) is 0 Å². The van der Waals surface area contributed by atoms with Crippen molar-refractivity contribution in [2.24, 2.45) is 5.92 Å². The van der Waals surface area contributed by atoms with Crippen molar-refractivity contribution in [3.05, 3.63) is 29.3 Å². The lowest BCUT2D eigenvalue weighted by molar-refractivity contribution is -0.137. The van der Waals surface area contributed by atoms with Gasteiger partial charge in [-0.3, -0.25) is 4.79 Å². The Bertz CT molecular complexity index is 606. The van der Waals surface area contributed by atoms with Gasteiger partial charge < -0.3 is 15.1 Å². The summed E-state index contributed by atoms with van der Waals surface area (Å²) in [6.45, 7) is 3.42. The fraction of sp³-hybridized carbons (Fsp3) is 0.588. The molecular weight excluding hydrogens is 319 g/mol. The Balaban J connectivity index is 1.81. The maximum Gasteiger partial charge on any atom is 0.416 e. The van der Waals surface area contributed by atoms with E-state index in [2.05, 4.69) is 15.1 Å². The summed E-state index contributed by atoms with van der Waals surface area (Å²) in [6, 6.07) is 3.83. The smallest absolute Gasteiger partial charge is 0.369 e. The molecule has 0 spiro atoms. The van der Waals surface area contributed by atoms with Gasteiger partial charge in [0, 0.05) is 44.3 Å². The molecule has 1 N–H and O–H groups in total. The molecule has 1 aromatic rings. The van der Waals surface area contributed by atoms with E-state index in [1.807, 2.05) is 7.05 Å². The number of hydrogen-bond donors (Lipinski definition) is 1. The van der Waals surface area contributed by atoms with Crippen LogP contribution in [0.1, 0.15) is 24.0 Å². The number of piperazine rings is 1. The molecule has 1 aliphatic carbocycles. The average Bonchev–Trinajstić information content (AvgIpc) is 3.37. The number of nitrogens with zero attached hydrogens (tertiary/aromatic N) is 2. The maximum absolute atomic E-state index is 13.0. The SMILES string of the molecule is CN1CCN(c2ccc(C(F)(F)F)cc2CNC(=O)C2CC2)CC1. The molecule has 0 unspecified atom stereocenters. The molecule has 3 rings (SSSR count). The predicted molar refractivity (Wildman–Crippen MR) is 85.7 cm³/mol. The zero-order valence-electron chi connectivity index (χ0n) is 13.7. The number of rotatable bonds is 4. The minimum Gasteiger partial charge on any atom is -0.369 e. The van der Waals surface area contributed by atoms with Gasteiger partial charge in [-0.25, -0.2) is 0 Å². The van der Waals surface area contributed by atoms with Gasteiger partial charge in [0.15, 0.2) is 0 Å². The number of alkyl halides is 3. The fourth-order valence-corrected chi connectivity index (χ4v) is 2.93. The summed E-state index contributed by atoms with van der Waals surface area (Å²) in [4.78, 5) is 16.1. The van der Waals surface area contributed by atoms with E-state index in [9.17, 15) is 18.0 Å². The molecule has 1 saturated carbocycles. The third-order valence-corrected chi connectivity index (χ3v) is 4.65. The van der Waals surface area contributed by atoms with Crippen LogP contribution in [-0.2, 0) is 17.5 Å². The van der Waals surface area contributed by atoms with Crippen LogP contribution in [0.2, 0.25) is 0 Å². The number of likely N-dealkylation sites (N-methyl/N-ethyl adjacent to an activating group) is 1. The molecule has 1 aromatic carbocycles. The summed E-state index contributed by atoms with van der Waals surface area (Å²) in [6.07, 6.45) is -2.63. The molecule has 2 fully saturated rings. The highest BCUT2D eigenvalue weighted by molar-refractivity contribution is 5.81. The molecule has 132 valence electrons. The second-order valence-corrected chi connectivity index (χ2v) is 6.62. The van der Waals surface area contributed by atoms with Crippen molar-refractivity contribution in [3.8, 4) is 0 Å². The Morgan fingerprint density at radius 3 is 2.46 bits per heavy atom. The minimum absolute atomic E-state index is 0.0443. The molecule has 4 nitrogen and oxygen atoms in total. The third-order valence-electron chi connectivity index (χ3n) is 4.65. The zero-order chi connectivity index (χ0) is 17.3. The fourth-order valence-electron chi connectivity index (χ4n) is 2.93. The van der Waals surface area contributed by atoms with Gasteiger partial charge in [0.05, 0.1) is 5.56 Å².